The van der Waals surface area contributed by atoms with Crippen molar-refractivity contribution in [2.24, 2.45) is 0 Å². The predicted octanol–water partition coefficient (Wildman–Crippen LogP) is 0.294. The number of carbonyl (C=O) groups is 2. The van der Waals surface area contributed by atoms with Gasteiger partial charge in [-0.05, 0) is 36.4 Å². The molecule has 0 aromatic heterocycles. The SMILES string of the molecule is COc1cccc(N2CC[NH+](CC(=O)NCC(=O)Nc3ccc(F)cc3)CC2)c1. The molecular weight excluding hydrogens is 375 g/mol. The number of piperazine rings is 1. The summed E-state index contributed by atoms with van der Waals surface area (Å²) in [6.07, 6.45) is 0. The van der Waals surface area contributed by atoms with E-state index < -0.39 is 0 Å². The Hall–Kier alpha value is -3.13. The van der Waals surface area contributed by atoms with E-state index in [2.05, 4.69) is 21.6 Å². The number of hydrogen-bond acceptors (Lipinski definition) is 4. The Labute approximate surface area is 169 Å². The number of anilines is 2. The summed E-state index contributed by atoms with van der Waals surface area (Å²) in [5.41, 5.74) is 1.61. The molecule has 154 valence electrons. The second-order valence-electron chi connectivity index (χ2n) is 6.95. The Bertz CT molecular complexity index is 836. The molecule has 2 aromatic carbocycles. The van der Waals surface area contributed by atoms with E-state index in [1.807, 2.05) is 18.2 Å². The van der Waals surface area contributed by atoms with Crippen LogP contribution in [0.4, 0.5) is 15.8 Å². The molecule has 7 nitrogen and oxygen atoms in total. The van der Waals surface area contributed by atoms with E-state index in [9.17, 15) is 14.0 Å². The molecule has 0 saturated carbocycles. The molecule has 0 bridgehead atoms. The van der Waals surface area contributed by atoms with Crippen LogP contribution < -0.4 is 25.2 Å². The largest absolute Gasteiger partial charge is 0.497 e. The van der Waals surface area contributed by atoms with Gasteiger partial charge in [0.1, 0.15) is 11.6 Å². The molecule has 2 amide bonds. The van der Waals surface area contributed by atoms with E-state index in [-0.39, 0.29) is 24.2 Å². The Morgan fingerprint density at radius 2 is 1.83 bits per heavy atom. The number of halogens is 1. The van der Waals surface area contributed by atoms with Crippen molar-refractivity contribution in [3.05, 3.63) is 54.3 Å². The molecule has 0 unspecified atom stereocenters. The predicted molar refractivity (Wildman–Crippen MR) is 109 cm³/mol. The summed E-state index contributed by atoms with van der Waals surface area (Å²) in [6, 6.07) is 13.4. The number of amides is 2. The summed E-state index contributed by atoms with van der Waals surface area (Å²) < 4.78 is 18.1. The standard InChI is InChI=1S/C21H25FN4O3/c1-29-19-4-2-3-18(13-19)26-11-9-25(10-12-26)15-21(28)23-14-20(27)24-17-7-5-16(22)6-8-17/h2-8,13H,9-12,14-15H2,1H3,(H,23,28)(H,24,27)/p+1. The number of quaternary nitrogens is 1. The van der Waals surface area contributed by atoms with Crippen LogP contribution in [0.5, 0.6) is 5.75 Å². The minimum absolute atomic E-state index is 0.112. The maximum absolute atomic E-state index is 12.9. The first-order valence-electron chi connectivity index (χ1n) is 9.58. The van der Waals surface area contributed by atoms with Gasteiger partial charge in [-0.3, -0.25) is 9.59 Å². The number of nitrogens with zero attached hydrogens (tertiary/aromatic N) is 1. The lowest BCUT2D eigenvalue weighted by Gasteiger charge is -2.33. The van der Waals surface area contributed by atoms with E-state index in [0.29, 0.717) is 12.2 Å². The molecule has 1 aliphatic heterocycles. The van der Waals surface area contributed by atoms with Crippen molar-refractivity contribution in [2.75, 3.05) is 56.6 Å². The van der Waals surface area contributed by atoms with Crippen LogP contribution in [0.1, 0.15) is 0 Å². The van der Waals surface area contributed by atoms with E-state index in [1.54, 1.807) is 7.11 Å². The molecule has 1 fully saturated rings. The van der Waals surface area contributed by atoms with Gasteiger partial charge in [-0.1, -0.05) is 6.07 Å². The molecule has 3 rings (SSSR count). The van der Waals surface area contributed by atoms with Crippen LogP contribution in [0, 0.1) is 5.82 Å². The second kappa shape index (κ2) is 9.88. The van der Waals surface area contributed by atoms with Crippen molar-refractivity contribution in [3.63, 3.8) is 0 Å². The number of benzene rings is 2. The van der Waals surface area contributed by atoms with Crippen molar-refractivity contribution in [1.82, 2.24) is 5.32 Å². The third kappa shape index (κ3) is 6.18. The zero-order valence-corrected chi connectivity index (χ0v) is 16.4. The van der Waals surface area contributed by atoms with Crippen LogP contribution in [-0.2, 0) is 9.59 Å². The molecule has 29 heavy (non-hydrogen) atoms. The number of methoxy groups -OCH3 is 1. The zero-order valence-electron chi connectivity index (χ0n) is 16.4. The molecule has 0 radical (unpaired) electrons. The molecule has 8 heteroatoms. The second-order valence-corrected chi connectivity index (χ2v) is 6.95. The van der Waals surface area contributed by atoms with E-state index in [4.69, 9.17) is 4.74 Å². The normalized spacial score (nSPS) is 14.3. The van der Waals surface area contributed by atoms with Crippen LogP contribution in [0.25, 0.3) is 0 Å². The fourth-order valence-corrected chi connectivity index (χ4v) is 3.27. The number of carbonyl (C=O) groups excluding carboxylic acids is 2. The number of ether oxygens (including phenoxy) is 1. The van der Waals surface area contributed by atoms with Gasteiger partial charge in [-0.15, -0.1) is 0 Å². The Kier molecular flexibility index (Phi) is 7.02. The average molecular weight is 401 g/mol. The number of rotatable bonds is 7. The van der Waals surface area contributed by atoms with E-state index in [1.165, 1.54) is 29.2 Å². The lowest BCUT2D eigenvalue weighted by molar-refractivity contribution is -0.892. The molecular formula is C21H26FN4O3+. The van der Waals surface area contributed by atoms with Gasteiger partial charge < -0.3 is 25.2 Å². The highest BCUT2D eigenvalue weighted by molar-refractivity contribution is 5.94. The van der Waals surface area contributed by atoms with Crippen molar-refractivity contribution >= 4 is 23.2 Å². The van der Waals surface area contributed by atoms with Crippen LogP contribution in [-0.4, -0.2) is 58.2 Å². The molecule has 1 saturated heterocycles. The quantitative estimate of drug-likeness (QED) is 0.624. The summed E-state index contributed by atoms with van der Waals surface area (Å²) in [6.45, 7) is 3.59. The van der Waals surface area contributed by atoms with Crippen LogP contribution >= 0.6 is 0 Å². The summed E-state index contributed by atoms with van der Waals surface area (Å²) in [5.74, 6) is -0.0479. The van der Waals surface area contributed by atoms with Gasteiger partial charge in [0, 0.05) is 17.4 Å². The van der Waals surface area contributed by atoms with Gasteiger partial charge in [0.05, 0.1) is 39.8 Å². The van der Waals surface area contributed by atoms with Crippen molar-refractivity contribution in [3.8, 4) is 5.75 Å². The zero-order chi connectivity index (χ0) is 20.6. The minimum Gasteiger partial charge on any atom is -0.497 e. The molecule has 0 aliphatic carbocycles. The first-order valence-corrected chi connectivity index (χ1v) is 9.58. The fraction of sp³-hybridized carbons (Fsp3) is 0.333. The average Bonchev–Trinajstić information content (AvgIpc) is 2.74. The van der Waals surface area contributed by atoms with Gasteiger partial charge >= 0.3 is 0 Å². The first kappa shape index (κ1) is 20.6. The number of nitrogens with one attached hydrogen (secondary N) is 3. The summed E-state index contributed by atoms with van der Waals surface area (Å²) in [5, 5.41) is 5.26. The minimum atomic E-state index is -0.370. The van der Waals surface area contributed by atoms with Gasteiger partial charge in [0.25, 0.3) is 5.91 Å². The van der Waals surface area contributed by atoms with Gasteiger partial charge in [-0.25, -0.2) is 4.39 Å². The maximum atomic E-state index is 12.9. The van der Waals surface area contributed by atoms with Gasteiger partial charge in [0.15, 0.2) is 6.54 Å². The highest BCUT2D eigenvalue weighted by Gasteiger charge is 2.22. The van der Waals surface area contributed by atoms with Gasteiger partial charge in [-0.2, -0.15) is 0 Å². The summed E-state index contributed by atoms with van der Waals surface area (Å²) >= 11 is 0. The lowest BCUT2D eigenvalue weighted by atomic mass is 10.2. The molecule has 3 N–H and O–H groups in total. The Morgan fingerprint density at radius 1 is 1.10 bits per heavy atom. The smallest absolute Gasteiger partial charge is 0.275 e. The maximum Gasteiger partial charge on any atom is 0.275 e. The molecule has 0 spiro atoms. The van der Waals surface area contributed by atoms with Crippen molar-refractivity contribution in [2.45, 2.75) is 0 Å². The lowest BCUT2D eigenvalue weighted by Crippen LogP contribution is -3.16. The van der Waals surface area contributed by atoms with E-state index >= 15 is 0 Å². The number of hydrogen-bond donors (Lipinski definition) is 3. The van der Waals surface area contributed by atoms with Crippen LogP contribution in [0.3, 0.4) is 0 Å². The van der Waals surface area contributed by atoms with Crippen molar-refractivity contribution in [1.29, 1.82) is 0 Å². The third-order valence-corrected chi connectivity index (χ3v) is 4.87. The fourth-order valence-electron chi connectivity index (χ4n) is 3.27. The highest BCUT2D eigenvalue weighted by Crippen LogP contribution is 2.20. The van der Waals surface area contributed by atoms with Crippen molar-refractivity contribution < 1.29 is 23.6 Å². The summed E-state index contributed by atoms with van der Waals surface area (Å²) in [7, 11) is 1.65. The molecule has 1 heterocycles. The van der Waals surface area contributed by atoms with Crippen LogP contribution in [0.2, 0.25) is 0 Å². The topological polar surface area (TPSA) is 75.1 Å². The monoisotopic (exact) mass is 401 g/mol. The van der Waals surface area contributed by atoms with Gasteiger partial charge in [0.2, 0.25) is 5.91 Å². The first-order chi connectivity index (χ1) is 14.0. The molecule has 0 atom stereocenters. The van der Waals surface area contributed by atoms with E-state index in [0.717, 1.165) is 37.6 Å². The Balaban J connectivity index is 1.38. The molecule has 2 aromatic rings. The van der Waals surface area contributed by atoms with Crippen LogP contribution in [0.15, 0.2) is 48.5 Å². The third-order valence-electron chi connectivity index (χ3n) is 4.87. The summed E-state index contributed by atoms with van der Waals surface area (Å²) in [4.78, 5) is 27.5. The Morgan fingerprint density at radius 3 is 2.52 bits per heavy atom. The molecule has 1 aliphatic rings. The highest BCUT2D eigenvalue weighted by atomic mass is 19.1.